The molecule has 0 aliphatic rings. The fourth-order valence-electron chi connectivity index (χ4n) is 0.816. The SMILES string of the molecule is Clc1nc2ncccc2[nH]1. The smallest absolute Gasteiger partial charge is 0.202 e. The zero-order chi connectivity index (χ0) is 6.97. The van der Waals surface area contributed by atoms with E-state index in [0.29, 0.717) is 10.9 Å². The van der Waals surface area contributed by atoms with Crippen LogP contribution in [-0.2, 0) is 0 Å². The number of halogens is 1. The van der Waals surface area contributed by atoms with Crippen molar-refractivity contribution in [3.05, 3.63) is 23.6 Å². The molecule has 0 unspecified atom stereocenters. The maximum absolute atomic E-state index is 5.58. The van der Waals surface area contributed by atoms with Crippen LogP contribution in [0.4, 0.5) is 0 Å². The lowest BCUT2D eigenvalue weighted by atomic mass is 10.4. The third-order valence-corrected chi connectivity index (χ3v) is 1.41. The fraction of sp³-hybridized carbons (Fsp3) is 0. The van der Waals surface area contributed by atoms with Gasteiger partial charge in [-0.25, -0.2) is 4.98 Å². The zero-order valence-corrected chi connectivity index (χ0v) is 5.76. The van der Waals surface area contributed by atoms with Crippen LogP contribution < -0.4 is 0 Å². The van der Waals surface area contributed by atoms with Crippen LogP contribution in [-0.4, -0.2) is 15.0 Å². The van der Waals surface area contributed by atoms with Gasteiger partial charge in [0.1, 0.15) is 0 Å². The molecule has 2 aromatic rings. The molecule has 0 spiro atoms. The summed E-state index contributed by atoms with van der Waals surface area (Å²) in [5.41, 5.74) is 1.53. The van der Waals surface area contributed by atoms with E-state index in [0.717, 1.165) is 5.52 Å². The van der Waals surface area contributed by atoms with Gasteiger partial charge in [-0.3, -0.25) is 0 Å². The second-order valence-electron chi connectivity index (χ2n) is 1.90. The van der Waals surface area contributed by atoms with Gasteiger partial charge in [-0.05, 0) is 23.7 Å². The first-order chi connectivity index (χ1) is 4.86. The van der Waals surface area contributed by atoms with Crippen molar-refractivity contribution in [2.75, 3.05) is 0 Å². The normalized spacial score (nSPS) is 10.5. The van der Waals surface area contributed by atoms with Gasteiger partial charge in [0, 0.05) is 6.20 Å². The van der Waals surface area contributed by atoms with Gasteiger partial charge in [-0.15, -0.1) is 0 Å². The predicted octanol–water partition coefficient (Wildman–Crippen LogP) is 1.61. The number of aromatic nitrogens is 3. The van der Waals surface area contributed by atoms with Crippen molar-refractivity contribution in [2.24, 2.45) is 0 Å². The average Bonchev–Trinajstić information content (AvgIpc) is 2.27. The maximum atomic E-state index is 5.58. The first kappa shape index (κ1) is 5.68. The van der Waals surface area contributed by atoms with Crippen molar-refractivity contribution < 1.29 is 0 Å². The lowest BCUT2D eigenvalue weighted by molar-refractivity contribution is 1.30. The Labute approximate surface area is 62.1 Å². The minimum atomic E-state index is 0.383. The van der Waals surface area contributed by atoms with E-state index in [1.54, 1.807) is 6.20 Å². The summed E-state index contributed by atoms with van der Waals surface area (Å²) in [7, 11) is 0. The van der Waals surface area contributed by atoms with Crippen molar-refractivity contribution in [3.63, 3.8) is 0 Å². The van der Waals surface area contributed by atoms with Crippen LogP contribution in [0.3, 0.4) is 0 Å². The Balaban J connectivity index is 2.88. The molecular formula is C6H4ClN3. The van der Waals surface area contributed by atoms with Crippen LogP contribution in [0.2, 0.25) is 5.28 Å². The van der Waals surface area contributed by atoms with Gasteiger partial charge in [-0.2, -0.15) is 4.98 Å². The predicted molar refractivity (Wildman–Crippen MR) is 38.9 cm³/mol. The van der Waals surface area contributed by atoms with E-state index in [1.165, 1.54) is 0 Å². The molecule has 4 heteroatoms. The third kappa shape index (κ3) is 0.752. The van der Waals surface area contributed by atoms with Gasteiger partial charge in [0.05, 0.1) is 5.52 Å². The second-order valence-corrected chi connectivity index (χ2v) is 2.26. The van der Waals surface area contributed by atoms with E-state index in [-0.39, 0.29) is 0 Å². The number of nitrogens with one attached hydrogen (secondary N) is 1. The van der Waals surface area contributed by atoms with Gasteiger partial charge in [0.25, 0.3) is 0 Å². The first-order valence-electron chi connectivity index (χ1n) is 2.82. The highest BCUT2D eigenvalue weighted by Gasteiger charge is 1.97. The Hall–Kier alpha value is -1.09. The molecule has 50 valence electrons. The molecule has 0 bridgehead atoms. The van der Waals surface area contributed by atoms with Crippen molar-refractivity contribution in [1.82, 2.24) is 15.0 Å². The number of pyridine rings is 1. The number of H-pyrrole nitrogens is 1. The van der Waals surface area contributed by atoms with Crippen LogP contribution in [0.5, 0.6) is 0 Å². The third-order valence-electron chi connectivity index (χ3n) is 1.23. The number of nitrogens with zero attached hydrogens (tertiary/aromatic N) is 2. The standard InChI is InChI=1S/C6H4ClN3/c7-6-9-4-2-1-3-8-5(4)10-6/h1-3H,(H,8,9,10). The molecule has 0 saturated carbocycles. The fourth-order valence-corrected chi connectivity index (χ4v) is 0.998. The second kappa shape index (κ2) is 1.95. The molecule has 0 fully saturated rings. The molecule has 0 atom stereocenters. The molecule has 10 heavy (non-hydrogen) atoms. The summed E-state index contributed by atoms with van der Waals surface area (Å²) in [5, 5.41) is 0.383. The van der Waals surface area contributed by atoms with E-state index in [4.69, 9.17) is 11.6 Å². The van der Waals surface area contributed by atoms with E-state index in [9.17, 15) is 0 Å². The Bertz CT molecular complexity index is 322. The highest BCUT2D eigenvalue weighted by Crippen LogP contribution is 2.09. The van der Waals surface area contributed by atoms with E-state index < -0.39 is 0 Å². The Morgan fingerprint density at radius 2 is 2.40 bits per heavy atom. The average molecular weight is 154 g/mol. The molecule has 0 aliphatic heterocycles. The van der Waals surface area contributed by atoms with E-state index in [2.05, 4.69) is 15.0 Å². The summed E-state index contributed by atoms with van der Waals surface area (Å²) in [4.78, 5) is 10.7. The Morgan fingerprint density at radius 3 is 3.20 bits per heavy atom. The number of fused-ring (bicyclic) bond motifs is 1. The van der Waals surface area contributed by atoms with Gasteiger partial charge in [-0.1, -0.05) is 0 Å². The summed E-state index contributed by atoms with van der Waals surface area (Å²) in [6.07, 6.45) is 1.68. The van der Waals surface area contributed by atoms with E-state index >= 15 is 0 Å². The molecule has 2 heterocycles. The number of aromatic amines is 1. The summed E-state index contributed by atoms with van der Waals surface area (Å²) in [5.74, 6) is 0. The van der Waals surface area contributed by atoms with Crippen molar-refractivity contribution in [1.29, 1.82) is 0 Å². The van der Waals surface area contributed by atoms with Gasteiger partial charge in [0.2, 0.25) is 5.28 Å². The number of hydrogen-bond donors (Lipinski definition) is 1. The molecule has 2 rings (SSSR count). The lowest BCUT2D eigenvalue weighted by Gasteiger charge is -1.80. The molecular weight excluding hydrogens is 150 g/mol. The van der Waals surface area contributed by atoms with Crippen LogP contribution in [0.1, 0.15) is 0 Å². The van der Waals surface area contributed by atoms with Crippen LogP contribution in [0, 0.1) is 0 Å². The first-order valence-corrected chi connectivity index (χ1v) is 3.20. The number of rotatable bonds is 0. The van der Waals surface area contributed by atoms with E-state index in [1.807, 2.05) is 12.1 Å². The number of hydrogen-bond acceptors (Lipinski definition) is 2. The minimum Gasteiger partial charge on any atom is -0.327 e. The lowest BCUT2D eigenvalue weighted by Crippen LogP contribution is -1.71. The molecule has 0 aliphatic carbocycles. The molecule has 0 amide bonds. The molecule has 1 N–H and O–H groups in total. The number of imidazole rings is 1. The Kier molecular flexibility index (Phi) is 1.11. The molecule has 0 radical (unpaired) electrons. The van der Waals surface area contributed by atoms with Crippen LogP contribution >= 0.6 is 11.6 Å². The summed E-state index contributed by atoms with van der Waals surface area (Å²) >= 11 is 5.58. The van der Waals surface area contributed by atoms with Gasteiger partial charge in [0.15, 0.2) is 5.65 Å². The monoisotopic (exact) mass is 153 g/mol. The minimum absolute atomic E-state index is 0.383. The highest BCUT2D eigenvalue weighted by molar-refractivity contribution is 6.28. The molecule has 3 nitrogen and oxygen atoms in total. The van der Waals surface area contributed by atoms with Gasteiger partial charge < -0.3 is 4.98 Å². The topological polar surface area (TPSA) is 41.6 Å². The molecule has 2 aromatic heterocycles. The summed E-state index contributed by atoms with van der Waals surface area (Å²) in [6.45, 7) is 0. The molecule has 0 saturated heterocycles. The maximum Gasteiger partial charge on any atom is 0.202 e. The quantitative estimate of drug-likeness (QED) is 0.625. The van der Waals surface area contributed by atoms with Crippen molar-refractivity contribution in [2.45, 2.75) is 0 Å². The van der Waals surface area contributed by atoms with Gasteiger partial charge >= 0.3 is 0 Å². The summed E-state index contributed by atoms with van der Waals surface area (Å²) < 4.78 is 0. The Morgan fingerprint density at radius 1 is 1.50 bits per heavy atom. The van der Waals surface area contributed by atoms with Crippen molar-refractivity contribution in [3.8, 4) is 0 Å². The highest BCUT2D eigenvalue weighted by atomic mass is 35.5. The molecule has 0 aromatic carbocycles. The van der Waals surface area contributed by atoms with Crippen LogP contribution in [0.15, 0.2) is 18.3 Å². The summed E-state index contributed by atoms with van der Waals surface area (Å²) in [6, 6.07) is 3.71. The van der Waals surface area contributed by atoms with Crippen molar-refractivity contribution >= 4 is 22.8 Å². The zero-order valence-electron chi connectivity index (χ0n) is 5.00. The van der Waals surface area contributed by atoms with Crippen LogP contribution in [0.25, 0.3) is 11.2 Å². The largest absolute Gasteiger partial charge is 0.327 e.